The zero-order chi connectivity index (χ0) is 35.5. The van der Waals surface area contributed by atoms with Gasteiger partial charge in [0.25, 0.3) is 0 Å². The largest absolute Gasteiger partial charge is 0.379 e. The fraction of sp³-hybridized carbons (Fsp3) is 0.459. The third-order valence-electron chi connectivity index (χ3n) is 7.11. The Bertz CT molecular complexity index is 1470. The number of carbonyl (C=O) groups is 1. The first-order valence-electron chi connectivity index (χ1n) is 16.6. The van der Waals surface area contributed by atoms with Crippen molar-refractivity contribution >= 4 is 64.2 Å². The minimum absolute atomic E-state index is 0.000556. The molecule has 262 valence electrons. The Labute approximate surface area is 301 Å². The first-order valence-corrected chi connectivity index (χ1v) is 18.5. The molecule has 4 rings (SSSR count). The average Bonchev–Trinajstić information content (AvgIpc) is 3.28. The molecule has 0 fully saturated rings. The smallest absolute Gasteiger partial charge is 0.222 e. The highest BCUT2D eigenvalue weighted by Gasteiger charge is 2.31. The van der Waals surface area contributed by atoms with E-state index in [1.165, 1.54) is 28.0 Å². The fourth-order valence-electron chi connectivity index (χ4n) is 4.63. The monoisotopic (exact) mass is 713 g/mol. The summed E-state index contributed by atoms with van der Waals surface area (Å²) in [6.07, 6.45) is 2.26. The van der Waals surface area contributed by atoms with E-state index in [-0.39, 0.29) is 11.9 Å². The normalized spacial score (nSPS) is 14.0. The molecule has 0 spiro atoms. The lowest BCUT2D eigenvalue weighted by Crippen LogP contribution is -2.37. The lowest BCUT2D eigenvalue weighted by Gasteiger charge is -2.24. The topological polar surface area (TPSA) is 87.9 Å². The molecule has 1 aliphatic rings. The summed E-state index contributed by atoms with van der Waals surface area (Å²) in [5.41, 5.74) is 5.37. The van der Waals surface area contributed by atoms with E-state index in [1.54, 1.807) is 11.3 Å². The first kappa shape index (κ1) is 41.2. The summed E-state index contributed by atoms with van der Waals surface area (Å²) in [6.45, 7) is 23.2. The van der Waals surface area contributed by atoms with Gasteiger partial charge in [-0.2, -0.15) is 5.10 Å². The van der Waals surface area contributed by atoms with E-state index in [1.807, 2.05) is 52.0 Å². The van der Waals surface area contributed by atoms with Crippen molar-refractivity contribution in [1.82, 2.24) is 5.32 Å². The Morgan fingerprint density at radius 3 is 2.38 bits per heavy atom. The van der Waals surface area contributed by atoms with Gasteiger partial charge in [0.1, 0.15) is 10.8 Å². The van der Waals surface area contributed by atoms with E-state index in [0.29, 0.717) is 37.7 Å². The van der Waals surface area contributed by atoms with Gasteiger partial charge in [-0.15, -0.1) is 16.4 Å². The van der Waals surface area contributed by atoms with Crippen molar-refractivity contribution in [3.8, 4) is 0 Å². The Balaban J connectivity index is 0.000000395. The zero-order valence-corrected chi connectivity index (χ0v) is 32.2. The summed E-state index contributed by atoms with van der Waals surface area (Å²) in [5, 5.41) is 12.6. The summed E-state index contributed by atoms with van der Waals surface area (Å²) < 4.78 is 10.7. The number of fused-ring (bicyclic) bond motifs is 1. The molecule has 0 unspecified atom stereocenters. The van der Waals surface area contributed by atoms with Gasteiger partial charge in [-0.1, -0.05) is 69.1 Å². The number of halogens is 1. The molecule has 1 amide bonds. The Morgan fingerprint density at radius 2 is 1.75 bits per heavy atom. The van der Waals surface area contributed by atoms with Crippen LogP contribution in [0.2, 0.25) is 5.02 Å². The van der Waals surface area contributed by atoms with Gasteiger partial charge in [-0.05, 0) is 70.4 Å². The molecule has 1 aliphatic heterocycles. The molecule has 1 N–H and O–H groups in total. The number of ether oxygens (including phenoxy) is 1. The van der Waals surface area contributed by atoms with Crippen molar-refractivity contribution in [2.24, 2.45) is 15.2 Å². The maximum atomic E-state index is 12.5. The molecular weight excluding hydrogens is 662 g/mol. The number of carbonyl (C=O) groups excluding carboxylic acids is 1. The number of anilines is 1. The molecule has 0 saturated carbocycles. The Morgan fingerprint density at radius 1 is 1.06 bits per heavy atom. The summed E-state index contributed by atoms with van der Waals surface area (Å²) in [6, 6.07) is 15.7. The van der Waals surface area contributed by atoms with E-state index >= 15 is 0 Å². The summed E-state index contributed by atoms with van der Waals surface area (Å²) in [4.78, 5) is 22.1. The molecule has 0 aliphatic carbocycles. The third-order valence-corrected chi connectivity index (χ3v) is 9.34. The Kier molecular flexibility index (Phi) is 19.4. The summed E-state index contributed by atoms with van der Waals surface area (Å²) in [7, 11) is 0. The minimum atomic E-state index is -0.239. The number of amidine groups is 1. The van der Waals surface area contributed by atoms with Crippen LogP contribution in [-0.2, 0) is 13.7 Å². The molecule has 0 saturated heterocycles. The summed E-state index contributed by atoms with van der Waals surface area (Å²) in [5.74, 6) is 0.727. The molecule has 0 radical (unpaired) electrons. The van der Waals surface area contributed by atoms with E-state index in [2.05, 4.69) is 79.1 Å². The van der Waals surface area contributed by atoms with Crippen LogP contribution < -0.4 is 10.2 Å². The van der Waals surface area contributed by atoms with Gasteiger partial charge in [0, 0.05) is 64.4 Å². The molecule has 2 aromatic carbocycles. The number of rotatable bonds is 13. The van der Waals surface area contributed by atoms with E-state index in [4.69, 9.17) is 25.5 Å². The van der Waals surface area contributed by atoms with Crippen molar-refractivity contribution in [3.05, 3.63) is 80.7 Å². The van der Waals surface area contributed by atoms with Crippen molar-refractivity contribution in [3.63, 3.8) is 0 Å². The number of nitrogens with one attached hydrogen (secondary N) is 1. The van der Waals surface area contributed by atoms with Crippen LogP contribution in [0.5, 0.6) is 0 Å². The number of thiophene rings is 1. The first-order chi connectivity index (χ1) is 23.2. The highest BCUT2D eigenvalue weighted by atomic mass is 35.5. The predicted octanol–water partition coefficient (Wildman–Crippen LogP) is 9.47. The number of aryl methyl sites for hydroxylation is 2. The molecule has 3 aromatic rings. The number of nitrogens with zero attached hydrogens (tertiary/aromatic N) is 4. The fourth-order valence-corrected chi connectivity index (χ4v) is 6.50. The van der Waals surface area contributed by atoms with E-state index < -0.39 is 0 Å². The molecule has 1 atom stereocenters. The average molecular weight is 714 g/mol. The molecule has 8 nitrogen and oxygen atoms in total. The van der Waals surface area contributed by atoms with Crippen LogP contribution in [-0.4, -0.2) is 63.1 Å². The van der Waals surface area contributed by atoms with Gasteiger partial charge >= 0.3 is 0 Å². The van der Waals surface area contributed by atoms with Gasteiger partial charge in [0.15, 0.2) is 0 Å². The quantitative estimate of drug-likeness (QED) is 0.0627. The standard InChI is InChI=1S/C23H28ClN5OS.C12H18O2S.C2H6/c1-6-11-26-20(30)12-19-13-29(16(4)28-25-5)23-21(14(2)15(3)31-23)22(27-19)17-7-9-18(24)10-8-17;1-3-8-13-9-10-14-15-12-6-4-11(2)5-7-12;1-2/h7-10,19H,5-6,11-13H2,1-4H3,(H,26,30);4-7H,3,8-10H2,1-2H3;1-2H3/b28-16-;;/t19-;;/m0../s1. The molecule has 11 heteroatoms. The number of benzene rings is 2. The van der Waals surface area contributed by atoms with Crippen molar-refractivity contribution in [1.29, 1.82) is 0 Å². The number of aliphatic imine (C=N–C) groups is 1. The second-order valence-electron chi connectivity index (χ2n) is 10.9. The maximum absolute atomic E-state index is 12.5. The van der Waals surface area contributed by atoms with Gasteiger partial charge in [0.05, 0.1) is 31.4 Å². The predicted molar refractivity (Wildman–Crippen MR) is 208 cm³/mol. The van der Waals surface area contributed by atoms with Crippen LogP contribution >= 0.6 is 35.0 Å². The van der Waals surface area contributed by atoms with Crippen LogP contribution in [0.3, 0.4) is 0 Å². The lowest BCUT2D eigenvalue weighted by molar-refractivity contribution is -0.121. The highest BCUT2D eigenvalue weighted by molar-refractivity contribution is 7.94. The van der Waals surface area contributed by atoms with Gasteiger partial charge < -0.3 is 19.1 Å². The zero-order valence-electron chi connectivity index (χ0n) is 29.8. The van der Waals surface area contributed by atoms with Gasteiger partial charge in [0.2, 0.25) is 5.91 Å². The molecule has 1 aromatic heterocycles. The van der Waals surface area contributed by atoms with Crippen LogP contribution in [0.15, 0.2) is 68.6 Å². The van der Waals surface area contributed by atoms with Crippen LogP contribution in [0.4, 0.5) is 5.00 Å². The van der Waals surface area contributed by atoms with Crippen molar-refractivity contribution < 1.29 is 13.7 Å². The minimum Gasteiger partial charge on any atom is -0.379 e. The van der Waals surface area contributed by atoms with Gasteiger partial charge in [-0.25, -0.2) is 0 Å². The van der Waals surface area contributed by atoms with E-state index in [9.17, 15) is 4.79 Å². The number of hydrogen-bond donors (Lipinski definition) is 1. The maximum Gasteiger partial charge on any atom is 0.222 e. The van der Waals surface area contributed by atoms with Crippen LogP contribution in [0, 0.1) is 20.8 Å². The lowest BCUT2D eigenvalue weighted by atomic mass is 9.99. The summed E-state index contributed by atoms with van der Waals surface area (Å²) >= 11 is 9.24. The van der Waals surface area contributed by atoms with Crippen LogP contribution in [0.1, 0.15) is 81.0 Å². The third kappa shape index (κ3) is 13.1. The molecular formula is C37H52ClN5O3S2. The second-order valence-corrected chi connectivity index (χ2v) is 13.4. The van der Waals surface area contributed by atoms with Crippen molar-refractivity contribution in [2.75, 3.05) is 37.8 Å². The molecule has 48 heavy (non-hydrogen) atoms. The SMILES string of the molecule is C=N/N=C(/C)N1C[C@H](CC(=O)NCCC)N=C(c2ccc(Cl)cc2)c2c1sc(C)c2C.CC.CCCOCCOSc1ccc(C)cc1. The number of amides is 1. The second kappa shape index (κ2) is 22.6. The highest BCUT2D eigenvalue weighted by Crippen LogP contribution is 2.40. The Hall–Kier alpha value is -3.02. The van der Waals surface area contributed by atoms with Crippen molar-refractivity contribution in [2.45, 2.75) is 85.6 Å². The molecule has 2 heterocycles. The van der Waals surface area contributed by atoms with E-state index in [0.717, 1.165) is 52.0 Å². The van der Waals surface area contributed by atoms with Gasteiger partial charge in [-0.3, -0.25) is 9.79 Å². The molecule has 0 bridgehead atoms. The van der Waals surface area contributed by atoms with Crippen LogP contribution in [0.25, 0.3) is 0 Å². The number of hydrogen-bond acceptors (Lipinski definition) is 8.